The first kappa shape index (κ1) is 29.1. The number of aromatic nitrogens is 1. The highest BCUT2D eigenvalue weighted by atomic mass is 79.9. The summed E-state index contributed by atoms with van der Waals surface area (Å²) in [4.78, 5) is 67.8. The third kappa shape index (κ3) is 5.46. The SMILES string of the molecule is CCOC(=O)c1ccc(N2C(=O)[C@H]3[C@H](c4ccc(Br)cc4)c4sc(=O)n(CC(=O)Nc5ccccc5)c4S[C@H]3C2=O)cc1. The van der Waals surface area contributed by atoms with E-state index in [1.165, 1.54) is 16.7 Å². The second-order valence-corrected chi connectivity index (χ2v) is 12.9. The summed E-state index contributed by atoms with van der Waals surface area (Å²) in [6.07, 6.45) is 0. The molecule has 1 saturated heterocycles. The van der Waals surface area contributed by atoms with Crippen LogP contribution in [-0.4, -0.2) is 40.1 Å². The van der Waals surface area contributed by atoms with Gasteiger partial charge in [-0.3, -0.25) is 23.7 Å². The van der Waals surface area contributed by atoms with E-state index >= 15 is 0 Å². The molecule has 3 heterocycles. The average Bonchev–Trinajstić information content (AvgIpc) is 3.44. The quantitative estimate of drug-likeness (QED) is 0.209. The number of hydrogen-bond acceptors (Lipinski definition) is 8. The lowest BCUT2D eigenvalue weighted by Gasteiger charge is -2.30. The van der Waals surface area contributed by atoms with E-state index in [2.05, 4.69) is 21.2 Å². The van der Waals surface area contributed by atoms with Gasteiger partial charge in [-0.15, -0.1) is 0 Å². The largest absolute Gasteiger partial charge is 0.462 e. The summed E-state index contributed by atoms with van der Waals surface area (Å²) in [5.41, 5.74) is 2.04. The van der Waals surface area contributed by atoms with Crippen molar-refractivity contribution < 1.29 is 23.9 Å². The Morgan fingerprint density at radius 1 is 0.930 bits per heavy atom. The number of nitrogens with one attached hydrogen (secondary N) is 1. The highest BCUT2D eigenvalue weighted by Gasteiger charge is 2.56. The van der Waals surface area contributed by atoms with Crippen LogP contribution in [0.4, 0.5) is 11.4 Å². The summed E-state index contributed by atoms with van der Waals surface area (Å²) < 4.78 is 7.28. The maximum Gasteiger partial charge on any atom is 0.338 e. The number of thioether (sulfide) groups is 1. The fraction of sp³-hybridized carbons (Fsp3) is 0.194. The van der Waals surface area contributed by atoms with Gasteiger partial charge in [0.05, 0.1) is 28.8 Å². The number of halogens is 1. The molecule has 1 fully saturated rings. The van der Waals surface area contributed by atoms with Gasteiger partial charge < -0.3 is 10.1 Å². The Bertz CT molecular complexity index is 1790. The first-order chi connectivity index (χ1) is 20.8. The van der Waals surface area contributed by atoms with Crippen LogP contribution in [-0.2, 0) is 25.7 Å². The summed E-state index contributed by atoms with van der Waals surface area (Å²) in [6.45, 7) is 1.70. The van der Waals surface area contributed by atoms with Crippen LogP contribution in [0.25, 0.3) is 0 Å². The lowest BCUT2D eigenvalue weighted by molar-refractivity contribution is -0.122. The molecular weight excluding hydrogens is 654 g/mol. The molecule has 4 aromatic rings. The first-order valence-electron chi connectivity index (χ1n) is 13.4. The highest BCUT2D eigenvalue weighted by molar-refractivity contribution is 9.10. The van der Waals surface area contributed by atoms with Crippen molar-refractivity contribution in [2.24, 2.45) is 5.92 Å². The Morgan fingerprint density at radius 3 is 2.30 bits per heavy atom. The fourth-order valence-electron chi connectivity index (χ4n) is 5.37. The number of fused-ring (bicyclic) bond motifs is 2. The van der Waals surface area contributed by atoms with E-state index in [-0.39, 0.29) is 29.8 Å². The molecular formula is C31H24BrN3O6S2. The number of para-hydroxylation sites is 1. The summed E-state index contributed by atoms with van der Waals surface area (Å²) in [5, 5.41) is 2.49. The Balaban J connectivity index is 1.38. The van der Waals surface area contributed by atoms with E-state index in [1.54, 1.807) is 43.3 Å². The van der Waals surface area contributed by atoms with E-state index in [1.807, 2.05) is 30.3 Å². The van der Waals surface area contributed by atoms with Crippen LogP contribution < -0.4 is 15.1 Å². The first-order valence-corrected chi connectivity index (χ1v) is 15.9. The predicted molar refractivity (Wildman–Crippen MR) is 168 cm³/mol. The van der Waals surface area contributed by atoms with Crippen LogP contribution in [0.2, 0.25) is 0 Å². The molecule has 2 aliphatic rings. The van der Waals surface area contributed by atoms with Crippen molar-refractivity contribution in [3.8, 4) is 0 Å². The molecule has 0 aliphatic carbocycles. The van der Waals surface area contributed by atoms with Gasteiger partial charge in [0.15, 0.2) is 0 Å². The fourth-order valence-corrected chi connectivity index (χ4v) is 8.40. The maximum absolute atomic E-state index is 14.1. The number of amides is 3. The lowest BCUT2D eigenvalue weighted by Crippen LogP contribution is -2.33. The zero-order valence-electron chi connectivity index (χ0n) is 22.7. The minimum absolute atomic E-state index is 0.227. The maximum atomic E-state index is 14.1. The van der Waals surface area contributed by atoms with Crippen molar-refractivity contribution in [2.45, 2.75) is 29.7 Å². The molecule has 0 spiro atoms. The van der Waals surface area contributed by atoms with Crippen molar-refractivity contribution in [3.05, 3.63) is 109 Å². The van der Waals surface area contributed by atoms with Gasteiger partial charge in [0.25, 0.3) is 0 Å². The molecule has 0 radical (unpaired) electrons. The van der Waals surface area contributed by atoms with Gasteiger partial charge in [-0.2, -0.15) is 0 Å². The number of carbonyl (C=O) groups excluding carboxylic acids is 4. The van der Waals surface area contributed by atoms with E-state index in [4.69, 9.17) is 4.74 Å². The molecule has 6 rings (SSSR count). The second kappa shape index (κ2) is 11.9. The molecule has 0 unspecified atom stereocenters. The van der Waals surface area contributed by atoms with Crippen LogP contribution >= 0.6 is 39.0 Å². The number of esters is 1. The summed E-state index contributed by atoms with van der Waals surface area (Å²) in [7, 11) is 0. The van der Waals surface area contributed by atoms with Crippen LogP contribution in [0.1, 0.15) is 33.6 Å². The van der Waals surface area contributed by atoms with Gasteiger partial charge in [0.2, 0.25) is 17.7 Å². The van der Waals surface area contributed by atoms with Crippen molar-refractivity contribution in [1.29, 1.82) is 0 Å². The normalized spacial score (nSPS) is 19.1. The number of carbonyl (C=O) groups is 4. The Morgan fingerprint density at radius 2 is 1.63 bits per heavy atom. The number of thiazole rings is 1. The van der Waals surface area contributed by atoms with E-state index in [0.717, 1.165) is 38.0 Å². The van der Waals surface area contributed by atoms with E-state index in [0.29, 0.717) is 26.8 Å². The second-order valence-electron chi connectivity index (χ2n) is 9.91. The van der Waals surface area contributed by atoms with Crippen LogP contribution in [0.5, 0.6) is 0 Å². The molecule has 3 amide bonds. The molecule has 43 heavy (non-hydrogen) atoms. The zero-order valence-corrected chi connectivity index (χ0v) is 25.9. The molecule has 12 heteroatoms. The monoisotopic (exact) mass is 677 g/mol. The highest BCUT2D eigenvalue weighted by Crippen LogP contribution is 2.54. The molecule has 0 saturated carbocycles. The van der Waals surface area contributed by atoms with Crippen molar-refractivity contribution in [1.82, 2.24) is 4.57 Å². The Kier molecular flexibility index (Phi) is 8.08. The van der Waals surface area contributed by atoms with Crippen molar-refractivity contribution in [3.63, 3.8) is 0 Å². The van der Waals surface area contributed by atoms with Gasteiger partial charge in [-0.25, -0.2) is 9.69 Å². The average molecular weight is 679 g/mol. The van der Waals surface area contributed by atoms with Gasteiger partial charge in [-0.05, 0) is 61.0 Å². The summed E-state index contributed by atoms with van der Waals surface area (Å²) >= 11 is 5.59. The van der Waals surface area contributed by atoms with Crippen LogP contribution in [0.15, 0.2) is 93.2 Å². The van der Waals surface area contributed by atoms with Crippen molar-refractivity contribution >= 4 is 74.1 Å². The zero-order chi connectivity index (χ0) is 30.2. The molecule has 0 bridgehead atoms. The lowest BCUT2D eigenvalue weighted by atomic mass is 9.83. The third-order valence-electron chi connectivity index (χ3n) is 7.27. The molecule has 2 aliphatic heterocycles. The van der Waals surface area contributed by atoms with Gasteiger partial charge in [0.1, 0.15) is 11.8 Å². The molecule has 9 nitrogen and oxygen atoms in total. The number of rotatable bonds is 7. The van der Waals surface area contributed by atoms with Crippen molar-refractivity contribution in [2.75, 3.05) is 16.8 Å². The minimum Gasteiger partial charge on any atom is -0.462 e. The van der Waals surface area contributed by atoms with E-state index < -0.39 is 29.0 Å². The smallest absolute Gasteiger partial charge is 0.338 e. The minimum atomic E-state index is -0.823. The van der Waals surface area contributed by atoms with Gasteiger partial charge >= 0.3 is 10.8 Å². The molecule has 1 N–H and O–H groups in total. The number of anilines is 2. The number of imide groups is 1. The Hall–Kier alpha value is -4.00. The molecule has 1 aromatic heterocycles. The van der Waals surface area contributed by atoms with Gasteiger partial charge in [0, 0.05) is 21.0 Å². The standard InChI is InChI=1S/C31H24BrN3O6S2/c1-2-41-30(39)18-10-14-21(15-11-18)35-27(37)24-23(17-8-12-19(32)13-9-17)26-29(42-25(24)28(35)38)34(31(40)43-26)16-22(36)33-20-6-4-3-5-7-20/h3-15,23-25H,2,16H2,1H3,(H,33,36)/t23-,24-,25+/m0/s1. The van der Waals surface area contributed by atoms with Gasteiger partial charge in [-0.1, -0.05) is 69.4 Å². The van der Waals surface area contributed by atoms with Crippen LogP contribution in [0.3, 0.4) is 0 Å². The molecule has 3 atom stereocenters. The van der Waals surface area contributed by atoms with E-state index in [9.17, 15) is 24.0 Å². The number of ether oxygens (including phenoxy) is 1. The Labute approximate surface area is 263 Å². The molecule has 218 valence electrons. The number of benzene rings is 3. The number of hydrogen-bond donors (Lipinski definition) is 1. The topological polar surface area (TPSA) is 115 Å². The predicted octanol–water partition coefficient (Wildman–Crippen LogP) is 5.28. The third-order valence-corrected chi connectivity index (χ3v) is 10.4. The number of nitrogens with zero attached hydrogens (tertiary/aromatic N) is 2. The summed E-state index contributed by atoms with van der Waals surface area (Å²) in [6, 6.07) is 22.5. The molecule has 3 aromatic carbocycles. The summed E-state index contributed by atoms with van der Waals surface area (Å²) in [5.74, 6) is -3.04. The van der Waals surface area contributed by atoms with Crippen LogP contribution in [0, 0.1) is 5.92 Å².